The molecule has 1 rings (SSSR count). The maximum atomic E-state index is 11.4. The van der Waals surface area contributed by atoms with Crippen molar-refractivity contribution >= 4 is 9.84 Å². The quantitative estimate of drug-likeness (QED) is 0.683. The molecule has 5 heteroatoms. The lowest BCUT2D eigenvalue weighted by Crippen LogP contribution is -2.34. The van der Waals surface area contributed by atoms with Gasteiger partial charge in [0.05, 0.1) is 11.9 Å². The number of rotatable bonds is 7. The van der Waals surface area contributed by atoms with Gasteiger partial charge in [-0.2, -0.15) is 0 Å². The standard InChI is InChI=1S/C11H23NO3S/c1-2-8-16(13,14)9-6-12-10-11-5-3-4-7-15-11/h11-12H,2-10H2,1H3. The monoisotopic (exact) mass is 249 g/mol. The van der Waals surface area contributed by atoms with Gasteiger partial charge in [-0.25, -0.2) is 8.42 Å². The summed E-state index contributed by atoms with van der Waals surface area (Å²) in [6, 6.07) is 0. The number of hydrogen-bond acceptors (Lipinski definition) is 4. The van der Waals surface area contributed by atoms with Gasteiger partial charge in [0.25, 0.3) is 0 Å². The maximum Gasteiger partial charge on any atom is 0.151 e. The van der Waals surface area contributed by atoms with E-state index in [9.17, 15) is 8.42 Å². The van der Waals surface area contributed by atoms with E-state index in [1.807, 2.05) is 6.92 Å². The molecule has 1 N–H and O–H groups in total. The zero-order valence-electron chi connectivity index (χ0n) is 10.1. The second-order valence-electron chi connectivity index (χ2n) is 4.34. The van der Waals surface area contributed by atoms with Gasteiger partial charge in [-0.3, -0.25) is 0 Å². The fraction of sp³-hybridized carbons (Fsp3) is 1.00. The van der Waals surface area contributed by atoms with Crippen LogP contribution in [0.5, 0.6) is 0 Å². The first-order valence-electron chi connectivity index (χ1n) is 6.17. The summed E-state index contributed by atoms with van der Waals surface area (Å²) in [7, 11) is -2.84. The van der Waals surface area contributed by atoms with E-state index >= 15 is 0 Å². The molecule has 1 aliphatic rings. The van der Waals surface area contributed by atoms with E-state index in [1.165, 1.54) is 6.42 Å². The van der Waals surface area contributed by atoms with E-state index < -0.39 is 9.84 Å². The van der Waals surface area contributed by atoms with Gasteiger partial charge in [0.15, 0.2) is 9.84 Å². The van der Waals surface area contributed by atoms with Crippen molar-refractivity contribution in [1.82, 2.24) is 5.32 Å². The van der Waals surface area contributed by atoms with Crippen molar-refractivity contribution in [3.63, 3.8) is 0 Å². The van der Waals surface area contributed by atoms with Gasteiger partial charge in [0.1, 0.15) is 0 Å². The molecule has 0 amide bonds. The molecule has 1 heterocycles. The van der Waals surface area contributed by atoms with Crippen LogP contribution in [0, 0.1) is 0 Å². The zero-order chi connectivity index (χ0) is 11.9. The molecule has 96 valence electrons. The van der Waals surface area contributed by atoms with E-state index in [4.69, 9.17) is 4.74 Å². The van der Waals surface area contributed by atoms with Gasteiger partial charge in [0, 0.05) is 25.4 Å². The van der Waals surface area contributed by atoms with Crippen LogP contribution in [0.3, 0.4) is 0 Å². The molecule has 0 aromatic rings. The Kier molecular flexibility index (Phi) is 6.31. The molecule has 0 spiro atoms. The van der Waals surface area contributed by atoms with Gasteiger partial charge < -0.3 is 10.1 Å². The number of sulfone groups is 1. The van der Waals surface area contributed by atoms with Gasteiger partial charge in [-0.1, -0.05) is 6.92 Å². The Hall–Kier alpha value is -0.130. The topological polar surface area (TPSA) is 55.4 Å². The Bertz CT molecular complexity index is 271. The first kappa shape index (κ1) is 13.9. The molecule has 0 saturated carbocycles. The number of hydrogen-bond donors (Lipinski definition) is 1. The Morgan fingerprint density at radius 1 is 1.31 bits per heavy atom. The van der Waals surface area contributed by atoms with Crippen molar-refractivity contribution in [3.8, 4) is 0 Å². The molecule has 1 atom stereocenters. The van der Waals surface area contributed by atoms with Gasteiger partial charge in [-0.15, -0.1) is 0 Å². The van der Waals surface area contributed by atoms with E-state index in [2.05, 4.69) is 5.32 Å². The molecule has 1 fully saturated rings. The highest BCUT2D eigenvalue weighted by molar-refractivity contribution is 7.91. The van der Waals surface area contributed by atoms with Crippen molar-refractivity contribution < 1.29 is 13.2 Å². The van der Waals surface area contributed by atoms with Gasteiger partial charge >= 0.3 is 0 Å². The van der Waals surface area contributed by atoms with Crippen LogP contribution in [0.2, 0.25) is 0 Å². The summed E-state index contributed by atoms with van der Waals surface area (Å²) in [5.74, 6) is 0.544. The normalized spacial score (nSPS) is 22.2. The van der Waals surface area contributed by atoms with Crippen molar-refractivity contribution in [2.75, 3.05) is 31.2 Å². The molecule has 4 nitrogen and oxygen atoms in total. The summed E-state index contributed by atoms with van der Waals surface area (Å²) in [6.07, 6.45) is 4.45. The second-order valence-corrected chi connectivity index (χ2v) is 6.65. The molecule has 1 aliphatic heterocycles. The zero-order valence-corrected chi connectivity index (χ0v) is 10.9. The summed E-state index contributed by atoms with van der Waals surface area (Å²) < 4.78 is 28.4. The number of ether oxygens (including phenoxy) is 1. The molecule has 0 aromatic heterocycles. The van der Waals surface area contributed by atoms with Gasteiger partial charge in [0.2, 0.25) is 0 Å². The second kappa shape index (κ2) is 7.25. The predicted molar refractivity (Wildman–Crippen MR) is 65.4 cm³/mol. The first-order chi connectivity index (χ1) is 7.64. The lowest BCUT2D eigenvalue weighted by Gasteiger charge is -2.22. The Balaban J connectivity index is 2.06. The molecular weight excluding hydrogens is 226 g/mol. The average molecular weight is 249 g/mol. The third kappa shape index (κ3) is 5.82. The minimum atomic E-state index is -2.84. The highest BCUT2D eigenvalue weighted by Gasteiger charge is 2.14. The smallest absolute Gasteiger partial charge is 0.151 e. The fourth-order valence-corrected chi connectivity index (χ4v) is 3.15. The van der Waals surface area contributed by atoms with Crippen LogP contribution in [-0.4, -0.2) is 45.7 Å². The van der Waals surface area contributed by atoms with Crippen molar-refractivity contribution in [2.24, 2.45) is 0 Å². The van der Waals surface area contributed by atoms with Crippen LogP contribution in [0.15, 0.2) is 0 Å². The molecular formula is C11H23NO3S. The van der Waals surface area contributed by atoms with E-state index in [0.29, 0.717) is 18.7 Å². The van der Waals surface area contributed by atoms with Crippen LogP contribution in [0.4, 0.5) is 0 Å². The predicted octanol–water partition coefficient (Wildman–Crippen LogP) is 0.970. The van der Waals surface area contributed by atoms with Crippen molar-refractivity contribution in [3.05, 3.63) is 0 Å². The van der Waals surface area contributed by atoms with Gasteiger partial charge in [-0.05, 0) is 25.7 Å². The first-order valence-corrected chi connectivity index (χ1v) is 7.99. The molecule has 0 aromatic carbocycles. The van der Waals surface area contributed by atoms with E-state index in [-0.39, 0.29) is 11.9 Å². The lowest BCUT2D eigenvalue weighted by molar-refractivity contribution is 0.0173. The van der Waals surface area contributed by atoms with Crippen LogP contribution in [0.1, 0.15) is 32.6 Å². The minimum absolute atomic E-state index is 0.244. The summed E-state index contributed by atoms with van der Waals surface area (Å²) >= 11 is 0. The summed E-state index contributed by atoms with van der Waals surface area (Å²) in [5, 5.41) is 3.17. The maximum absolute atomic E-state index is 11.4. The summed E-state index contributed by atoms with van der Waals surface area (Å²) in [6.45, 7) is 4.06. The summed E-state index contributed by atoms with van der Waals surface area (Å²) in [5.41, 5.74) is 0. The third-order valence-corrected chi connectivity index (χ3v) is 4.61. The Morgan fingerprint density at radius 2 is 2.12 bits per heavy atom. The Morgan fingerprint density at radius 3 is 2.75 bits per heavy atom. The Labute approximate surface area is 98.7 Å². The van der Waals surface area contributed by atoms with Crippen LogP contribution < -0.4 is 5.32 Å². The minimum Gasteiger partial charge on any atom is -0.377 e. The highest BCUT2D eigenvalue weighted by Crippen LogP contribution is 2.11. The third-order valence-electron chi connectivity index (χ3n) is 2.75. The average Bonchev–Trinajstić information content (AvgIpc) is 2.26. The molecule has 0 bridgehead atoms. The van der Waals surface area contributed by atoms with Crippen molar-refractivity contribution in [1.29, 1.82) is 0 Å². The largest absolute Gasteiger partial charge is 0.377 e. The molecule has 0 radical (unpaired) electrons. The van der Waals surface area contributed by atoms with E-state index in [0.717, 1.165) is 26.0 Å². The lowest BCUT2D eigenvalue weighted by atomic mass is 10.1. The number of nitrogens with one attached hydrogen (secondary N) is 1. The molecule has 16 heavy (non-hydrogen) atoms. The SMILES string of the molecule is CCCS(=O)(=O)CCNCC1CCCCO1. The summed E-state index contributed by atoms with van der Waals surface area (Å²) in [4.78, 5) is 0. The van der Waals surface area contributed by atoms with Crippen LogP contribution >= 0.6 is 0 Å². The van der Waals surface area contributed by atoms with E-state index in [1.54, 1.807) is 0 Å². The van der Waals surface area contributed by atoms with Crippen molar-refractivity contribution in [2.45, 2.75) is 38.7 Å². The molecule has 1 saturated heterocycles. The van der Waals surface area contributed by atoms with Crippen LogP contribution in [0.25, 0.3) is 0 Å². The fourth-order valence-electron chi connectivity index (χ4n) is 1.87. The highest BCUT2D eigenvalue weighted by atomic mass is 32.2. The molecule has 1 unspecified atom stereocenters. The van der Waals surface area contributed by atoms with Crippen LogP contribution in [-0.2, 0) is 14.6 Å². The molecule has 0 aliphatic carbocycles.